The van der Waals surface area contributed by atoms with Crippen LogP contribution in [0.4, 0.5) is 4.39 Å². The standard InChI is InChI=1S/C20H24FN3O/c1-12-13(2)23-19-16(10-15(21)11-17(19)22-12)20(25)24-9-5-7-14-6-3-4-8-18(14)24/h10-11,14,18H,3-9H2,1-2H3/t14-,18-/m1/s1. The van der Waals surface area contributed by atoms with Crippen LogP contribution < -0.4 is 0 Å². The minimum atomic E-state index is -0.425. The van der Waals surface area contributed by atoms with Crippen molar-refractivity contribution in [3.8, 4) is 0 Å². The average Bonchev–Trinajstić information content (AvgIpc) is 2.61. The van der Waals surface area contributed by atoms with Crippen molar-refractivity contribution >= 4 is 16.9 Å². The Morgan fingerprint density at radius 3 is 2.64 bits per heavy atom. The summed E-state index contributed by atoms with van der Waals surface area (Å²) in [6.45, 7) is 4.49. The molecule has 2 atom stereocenters. The predicted octanol–water partition coefficient (Wildman–Crippen LogP) is 4.18. The smallest absolute Gasteiger partial charge is 0.256 e. The number of fused-ring (bicyclic) bond motifs is 2. The maximum atomic E-state index is 14.2. The number of nitrogens with zero attached hydrogens (tertiary/aromatic N) is 3. The van der Waals surface area contributed by atoms with Gasteiger partial charge in [-0.3, -0.25) is 4.79 Å². The highest BCUT2D eigenvalue weighted by Crippen LogP contribution is 2.36. The highest BCUT2D eigenvalue weighted by Gasteiger charge is 2.36. The molecule has 1 aromatic heterocycles. The SMILES string of the molecule is Cc1nc2cc(F)cc(C(=O)N3CCC[C@H]4CCCC[C@H]43)c2nc1C. The number of piperidine rings is 1. The molecule has 1 aliphatic carbocycles. The van der Waals surface area contributed by atoms with Crippen LogP contribution in [-0.4, -0.2) is 33.4 Å². The summed E-state index contributed by atoms with van der Waals surface area (Å²) < 4.78 is 14.2. The Kier molecular flexibility index (Phi) is 4.18. The van der Waals surface area contributed by atoms with E-state index in [-0.39, 0.29) is 5.91 Å². The van der Waals surface area contributed by atoms with Crippen molar-refractivity contribution in [2.75, 3.05) is 6.54 Å². The summed E-state index contributed by atoms with van der Waals surface area (Å²) in [7, 11) is 0. The molecule has 2 aliphatic rings. The molecule has 4 nitrogen and oxygen atoms in total. The Morgan fingerprint density at radius 1 is 1.08 bits per heavy atom. The van der Waals surface area contributed by atoms with E-state index in [1.807, 2.05) is 18.7 Å². The minimum absolute atomic E-state index is 0.0846. The number of aromatic nitrogens is 2. The quantitative estimate of drug-likeness (QED) is 0.782. The van der Waals surface area contributed by atoms with Gasteiger partial charge in [0.2, 0.25) is 0 Å². The number of hydrogen-bond donors (Lipinski definition) is 0. The molecule has 2 heterocycles. The Labute approximate surface area is 147 Å². The maximum Gasteiger partial charge on any atom is 0.256 e. The Hall–Kier alpha value is -2.04. The molecular weight excluding hydrogens is 317 g/mol. The van der Waals surface area contributed by atoms with Crippen LogP contribution in [0.15, 0.2) is 12.1 Å². The number of likely N-dealkylation sites (tertiary alicyclic amines) is 1. The number of aryl methyl sites for hydroxylation is 2. The molecule has 5 heteroatoms. The van der Waals surface area contributed by atoms with E-state index in [1.165, 1.54) is 37.8 Å². The second-order valence-corrected chi connectivity index (χ2v) is 7.47. The van der Waals surface area contributed by atoms with Gasteiger partial charge in [-0.15, -0.1) is 0 Å². The molecular formula is C20H24FN3O. The highest BCUT2D eigenvalue weighted by molar-refractivity contribution is 6.05. The molecule has 0 unspecified atom stereocenters. The fourth-order valence-corrected chi connectivity index (χ4v) is 4.49. The lowest BCUT2D eigenvalue weighted by Crippen LogP contribution is -2.49. The number of halogens is 1. The second-order valence-electron chi connectivity index (χ2n) is 7.47. The lowest BCUT2D eigenvalue weighted by molar-refractivity contribution is 0.0392. The van der Waals surface area contributed by atoms with Crippen LogP contribution >= 0.6 is 0 Å². The van der Waals surface area contributed by atoms with Gasteiger partial charge < -0.3 is 4.90 Å². The molecule has 2 fully saturated rings. The van der Waals surface area contributed by atoms with Crippen molar-refractivity contribution in [2.24, 2.45) is 5.92 Å². The molecule has 25 heavy (non-hydrogen) atoms. The third-order valence-corrected chi connectivity index (χ3v) is 5.88. The van der Waals surface area contributed by atoms with Crippen LogP contribution in [0, 0.1) is 25.6 Å². The van der Waals surface area contributed by atoms with Crippen molar-refractivity contribution in [1.29, 1.82) is 0 Å². The number of hydrogen-bond acceptors (Lipinski definition) is 3. The first-order valence-electron chi connectivity index (χ1n) is 9.30. The van der Waals surface area contributed by atoms with Gasteiger partial charge in [-0.25, -0.2) is 14.4 Å². The molecule has 0 radical (unpaired) electrons. The Bertz CT molecular complexity index is 833. The van der Waals surface area contributed by atoms with E-state index in [2.05, 4.69) is 9.97 Å². The summed E-state index contributed by atoms with van der Waals surface area (Å²) in [4.78, 5) is 24.3. The summed E-state index contributed by atoms with van der Waals surface area (Å²) in [6, 6.07) is 3.00. The molecule has 0 N–H and O–H groups in total. The topological polar surface area (TPSA) is 46.1 Å². The number of carbonyl (C=O) groups is 1. The van der Waals surface area contributed by atoms with Crippen LogP contribution in [0.1, 0.15) is 60.3 Å². The number of benzene rings is 1. The fourth-order valence-electron chi connectivity index (χ4n) is 4.49. The third-order valence-electron chi connectivity index (χ3n) is 5.88. The van der Waals surface area contributed by atoms with Crippen molar-refractivity contribution in [1.82, 2.24) is 14.9 Å². The summed E-state index contributed by atoms with van der Waals surface area (Å²) >= 11 is 0. The predicted molar refractivity (Wildman–Crippen MR) is 95.0 cm³/mol. The summed E-state index contributed by atoms with van der Waals surface area (Å²) in [6.07, 6.45) is 6.94. The zero-order chi connectivity index (χ0) is 17.6. The molecule has 1 saturated carbocycles. The third kappa shape index (κ3) is 2.90. The first-order chi connectivity index (χ1) is 12.0. The number of rotatable bonds is 1. The van der Waals surface area contributed by atoms with E-state index < -0.39 is 5.82 Å². The van der Waals surface area contributed by atoms with Gasteiger partial charge in [0.15, 0.2) is 0 Å². The molecule has 132 valence electrons. The molecule has 0 bridgehead atoms. The van der Waals surface area contributed by atoms with Crippen LogP contribution in [0.2, 0.25) is 0 Å². The zero-order valence-electron chi connectivity index (χ0n) is 14.9. The lowest BCUT2D eigenvalue weighted by atomic mass is 9.78. The van der Waals surface area contributed by atoms with E-state index >= 15 is 0 Å². The fraction of sp³-hybridized carbons (Fsp3) is 0.550. The van der Waals surface area contributed by atoms with E-state index in [1.54, 1.807) is 0 Å². The summed E-state index contributed by atoms with van der Waals surface area (Å²) in [5.41, 5.74) is 2.89. The Balaban J connectivity index is 1.78. The molecule has 0 spiro atoms. The zero-order valence-corrected chi connectivity index (χ0v) is 14.9. The van der Waals surface area contributed by atoms with Crippen LogP contribution in [-0.2, 0) is 0 Å². The van der Waals surface area contributed by atoms with Crippen molar-refractivity contribution < 1.29 is 9.18 Å². The molecule has 4 rings (SSSR count). The van der Waals surface area contributed by atoms with Gasteiger partial charge in [-0.2, -0.15) is 0 Å². The summed E-state index contributed by atoms with van der Waals surface area (Å²) in [5.74, 6) is 0.0885. The molecule has 2 aromatic rings. The van der Waals surface area contributed by atoms with Gasteiger partial charge in [-0.05, 0) is 51.5 Å². The van der Waals surface area contributed by atoms with E-state index in [9.17, 15) is 9.18 Å². The van der Waals surface area contributed by atoms with Crippen LogP contribution in [0.25, 0.3) is 11.0 Å². The molecule has 1 aromatic carbocycles. The van der Waals surface area contributed by atoms with E-state index in [4.69, 9.17) is 0 Å². The normalized spacial score (nSPS) is 23.6. The van der Waals surface area contributed by atoms with Gasteiger partial charge in [0, 0.05) is 18.7 Å². The molecule has 1 aliphatic heterocycles. The van der Waals surface area contributed by atoms with Crippen LogP contribution in [0.5, 0.6) is 0 Å². The summed E-state index contributed by atoms with van der Waals surface area (Å²) in [5, 5.41) is 0. The van der Waals surface area contributed by atoms with Crippen molar-refractivity contribution in [3.05, 3.63) is 34.9 Å². The average molecular weight is 341 g/mol. The van der Waals surface area contributed by atoms with E-state index in [0.29, 0.717) is 28.6 Å². The highest BCUT2D eigenvalue weighted by atomic mass is 19.1. The van der Waals surface area contributed by atoms with Crippen LogP contribution in [0.3, 0.4) is 0 Å². The first-order valence-corrected chi connectivity index (χ1v) is 9.30. The van der Waals surface area contributed by atoms with Gasteiger partial charge in [0.1, 0.15) is 11.3 Å². The lowest BCUT2D eigenvalue weighted by Gasteiger charge is -2.44. The second kappa shape index (κ2) is 6.36. The molecule has 1 amide bonds. The van der Waals surface area contributed by atoms with Gasteiger partial charge in [-0.1, -0.05) is 12.8 Å². The first kappa shape index (κ1) is 16.4. The maximum absolute atomic E-state index is 14.2. The van der Waals surface area contributed by atoms with Crippen molar-refractivity contribution in [3.63, 3.8) is 0 Å². The van der Waals surface area contributed by atoms with E-state index in [0.717, 1.165) is 30.8 Å². The minimum Gasteiger partial charge on any atom is -0.335 e. The monoisotopic (exact) mass is 341 g/mol. The largest absolute Gasteiger partial charge is 0.335 e. The number of carbonyl (C=O) groups excluding carboxylic acids is 1. The Morgan fingerprint density at radius 2 is 1.80 bits per heavy atom. The van der Waals surface area contributed by atoms with Gasteiger partial charge >= 0.3 is 0 Å². The van der Waals surface area contributed by atoms with Crippen molar-refractivity contribution in [2.45, 2.75) is 58.4 Å². The van der Waals surface area contributed by atoms with Gasteiger partial charge in [0.05, 0.1) is 22.5 Å². The van der Waals surface area contributed by atoms with Gasteiger partial charge in [0.25, 0.3) is 5.91 Å². The molecule has 1 saturated heterocycles. The number of amides is 1.